The molecule has 1 N–H and O–H groups in total. The number of pyridine rings is 1. The molecule has 2 atom stereocenters. The second kappa shape index (κ2) is 9.69. The van der Waals surface area contributed by atoms with Gasteiger partial charge in [0.2, 0.25) is 15.9 Å². The Morgan fingerprint density at radius 3 is 2.46 bits per heavy atom. The predicted molar refractivity (Wildman–Crippen MR) is 116 cm³/mol. The third-order valence-corrected chi connectivity index (χ3v) is 7.99. The molecule has 13 heteroatoms. The largest absolute Gasteiger partial charge is 0.369 e. The molecule has 190 valence electrons. The first-order valence-electron chi connectivity index (χ1n) is 10.9. The topological polar surface area (TPSA) is 82.6 Å². The van der Waals surface area contributed by atoms with Gasteiger partial charge in [0.1, 0.15) is 18.0 Å². The Hall–Kier alpha value is -2.80. The van der Waals surface area contributed by atoms with Gasteiger partial charge in [0, 0.05) is 38.9 Å². The Balaban J connectivity index is 1.45. The van der Waals surface area contributed by atoms with Crippen LogP contribution >= 0.6 is 0 Å². The van der Waals surface area contributed by atoms with E-state index in [1.165, 1.54) is 11.0 Å². The molecule has 0 radical (unpaired) electrons. The highest BCUT2D eigenvalue weighted by Crippen LogP contribution is 2.32. The van der Waals surface area contributed by atoms with Gasteiger partial charge < -0.3 is 10.2 Å². The molecule has 1 aromatic carbocycles. The lowest BCUT2D eigenvalue weighted by Gasteiger charge is -2.33. The van der Waals surface area contributed by atoms with Crippen LogP contribution in [0.2, 0.25) is 0 Å². The fourth-order valence-electron chi connectivity index (χ4n) is 4.18. The first kappa shape index (κ1) is 25.3. The summed E-state index contributed by atoms with van der Waals surface area (Å²) < 4.78 is 95.1. The van der Waals surface area contributed by atoms with E-state index in [2.05, 4.69) is 10.3 Å². The number of carbonyl (C=O) groups excluding carboxylic acids is 1. The van der Waals surface area contributed by atoms with E-state index in [-0.39, 0.29) is 42.3 Å². The van der Waals surface area contributed by atoms with Crippen LogP contribution in [0.4, 0.5) is 27.6 Å². The average molecular weight is 519 g/mol. The number of piperidine rings is 1. The summed E-state index contributed by atoms with van der Waals surface area (Å²) in [7, 11) is -4.27. The van der Waals surface area contributed by atoms with Gasteiger partial charge in [0.15, 0.2) is 5.82 Å². The first-order valence-corrected chi connectivity index (χ1v) is 12.4. The summed E-state index contributed by atoms with van der Waals surface area (Å²) in [5.74, 6) is -4.92. The summed E-state index contributed by atoms with van der Waals surface area (Å²) in [6.45, 7) is -0.837. The Morgan fingerprint density at radius 2 is 1.80 bits per heavy atom. The number of benzene rings is 1. The third kappa shape index (κ3) is 5.56. The molecule has 0 unspecified atom stereocenters. The number of amides is 1. The van der Waals surface area contributed by atoms with Crippen molar-refractivity contribution in [1.82, 2.24) is 14.6 Å². The van der Waals surface area contributed by atoms with E-state index < -0.39 is 65.1 Å². The zero-order chi connectivity index (χ0) is 25.4. The number of rotatable bonds is 6. The van der Waals surface area contributed by atoms with Gasteiger partial charge >= 0.3 is 0 Å². The van der Waals surface area contributed by atoms with Crippen LogP contribution in [-0.4, -0.2) is 61.4 Å². The molecule has 4 rings (SSSR count). The van der Waals surface area contributed by atoms with Crippen molar-refractivity contribution in [1.29, 1.82) is 0 Å². The lowest BCUT2D eigenvalue weighted by Crippen LogP contribution is -2.45. The number of aromatic nitrogens is 1. The van der Waals surface area contributed by atoms with Crippen molar-refractivity contribution in [3.8, 4) is 0 Å². The summed E-state index contributed by atoms with van der Waals surface area (Å²) in [4.78, 5) is 17.9. The van der Waals surface area contributed by atoms with Crippen molar-refractivity contribution < 1.29 is 35.2 Å². The van der Waals surface area contributed by atoms with Crippen molar-refractivity contribution in [2.24, 2.45) is 0 Å². The Kier molecular flexibility index (Phi) is 7.00. The molecule has 1 amide bonds. The SMILES string of the molecule is O=C(NCc1cc(N2CCC(F)(F)CC2)c(F)cn1)[C@@H]1C[C@@H](F)CN1S(=O)(=O)c1ccc(F)cc1. The van der Waals surface area contributed by atoms with Crippen LogP contribution in [0.3, 0.4) is 0 Å². The monoisotopic (exact) mass is 518 g/mol. The second-order valence-electron chi connectivity index (χ2n) is 8.57. The maximum Gasteiger partial charge on any atom is 0.251 e. The van der Waals surface area contributed by atoms with E-state index in [1.54, 1.807) is 0 Å². The fourth-order valence-corrected chi connectivity index (χ4v) is 5.81. The van der Waals surface area contributed by atoms with E-state index in [4.69, 9.17) is 0 Å². The van der Waals surface area contributed by atoms with Gasteiger partial charge in [0.25, 0.3) is 5.92 Å². The summed E-state index contributed by atoms with van der Waals surface area (Å²) in [6.07, 6.45) is -1.84. The predicted octanol–water partition coefficient (Wildman–Crippen LogP) is 3.01. The van der Waals surface area contributed by atoms with Gasteiger partial charge in [-0.05, 0) is 30.3 Å². The summed E-state index contributed by atoms with van der Waals surface area (Å²) >= 11 is 0. The maximum absolute atomic E-state index is 14.3. The minimum absolute atomic E-state index is 0.0457. The highest BCUT2D eigenvalue weighted by molar-refractivity contribution is 7.89. The summed E-state index contributed by atoms with van der Waals surface area (Å²) in [5, 5.41) is 2.49. The van der Waals surface area contributed by atoms with Crippen molar-refractivity contribution in [3.63, 3.8) is 0 Å². The molecule has 35 heavy (non-hydrogen) atoms. The third-order valence-electron chi connectivity index (χ3n) is 6.10. The van der Waals surface area contributed by atoms with Crippen molar-refractivity contribution in [2.75, 3.05) is 24.5 Å². The van der Waals surface area contributed by atoms with Crippen LogP contribution in [0.15, 0.2) is 41.4 Å². The minimum atomic E-state index is -4.27. The van der Waals surface area contributed by atoms with E-state index in [1.807, 2.05) is 0 Å². The average Bonchev–Trinajstić information content (AvgIpc) is 3.21. The van der Waals surface area contributed by atoms with Crippen molar-refractivity contribution in [3.05, 3.63) is 53.9 Å². The van der Waals surface area contributed by atoms with Crippen molar-refractivity contribution in [2.45, 2.75) is 48.8 Å². The Labute approximate surface area is 199 Å². The molecule has 2 fully saturated rings. The standard InChI is InChI=1S/C22H23F5N4O3S/c23-14-1-3-17(4-2-14)35(33,34)31-13-15(24)9-20(31)21(32)29-11-16-10-19(18(25)12-28-16)30-7-5-22(26,27)6-8-30/h1-4,10,12,15,20H,5-9,11,13H2,(H,29,32)/t15-,20+/m1/s1. The highest BCUT2D eigenvalue weighted by Gasteiger charge is 2.44. The van der Waals surface area contributed by atoms with Crippen LogP contribution in [0, 0.1) is 11.6 Å². The van der Waals surface area contributed by atoms with E-state index in [0.29, 0.717) is 0 Å². The minimum Gasteiger partial charge on any atom is -0.369 e. The molecular weight excluding hydrogens is 495 g/mol. The van der Waals surface area contributed by atoms with Crippen LogP contribution in [0.1, 0.15) is 25.0 Å². The number of nitrogens with one attached hydrogen (secondary N) is 1. The molecule has 0 aliphatic carbocycles. The Bertz CT molecular complexity index is 1190. The first-order chi connectivity index (χ1) is 16.5. The number of sulfonamides is 1. The number of carbonyl (C=O) groups is 1. The number of halogens is 5. The van der Waals surface area contributed by atoms with Crippen LogP contribution in [0.25, 0.3) is 0 Å². The smallest absolute Gasteiger partial charge is 0.251 e. The Morgan fingerprint density at radius 1 is 1.14 bits per heavy atom. The molecule has 2 aliphatic rings. The highest BCUT2D eigenvalue weighted by atomic mass is 32.2. The molecule has 2 aromatic rings. The van der Waals surface area contributed by atoms with Gasteiger partial charge in [-0.2, -0.15) is 4.31 Å². The van der Waals surface area contributed by atoms with Gasteiger partial charge in [-0.25, -0.2) is 30.4 Å². The van der Waals surface area contributed by atoms with E-state index in [9.17, 15) is 35.2 Å². The number of anilines is 1. The van der Waals surface area contributed by atoms with E-state index in [0.717, 1.165) is 34.8 Å². The molecule has 0 saturated carbocycles. The number of hydrogen-bond donors (Lipinski definition) is 1. The normalized spacial score (nSPS) is 22.8. The molecule has 3 heterocycles. The number of nitrogens with zero attached hydrogens (tertiary/aromatic N) is 3. The molecule has 2 saturated heterocycles. The fraction of sp³-hybridized carbons (Fsp3) is 0.455. The number of hydrogen-bond acceptors (Lipinski definition) is 5. The lowest BCUT2D eigenvalue weighted by atomic mass is 10.1. The molecule has 0 bridgehead atoms. The quantitative estimate of drug-likeness (QED) is 0.595. The van der Waals surface area contributed by atoms with E-state index >= 15 is 0 Å². The zero-order valence-electron chi connectivity index (χ0n) is 18.4. The molecular formula is C22H23F5N4O3S. The number of alkyl halides is 3. The maximum atomic E-state index is 14.3. The van der Waals surface area contributed by atoms with Gasteiger partial charge in [-0.1, -0.05) is 0 Å². The van der Waals surface area contributed by atoms with Gasteiger partial charge in [-0.15, -0.1) is 0 Å². The zero-order valence-corrected chi connectivity index (χ0v) is 19.2. The molecule has 0 spiro atoms. The lowest BCUT2D eigenvalue weighted by molar-refractivity contribution is -0.124. The van der Waals surface area contributed by atoms with Crippen molar-refractivity contribution >= 4 is 21.6 Å². The summed E-state index contributed by atoms with van der Waals surface area (Å²) in [5.41, 5.74) is 0.291. The molecule has 1 aromatic heterocycles. The van der Waals surface area contributed by atoms with Crippen LogP contribution in [-0.2, 0) is 21.4 Å². The van der Waals surface area contributed by atoms with Gasteiger partial charge in [0.05, 0.1) is 29.0 Å². The molecule has 7 nitrogen and oxygen atoms in total. The van der Waals surface area contributed by atoms with Gasteiger partial charge in [-0.3, -0.25) is 9.78 Å². The molecule has 2 aliphatic heterocycles. The second-order valence-corrected chi connectivity index (χ2v) is 10.5. The summed E-state index contributed by atoms with van der Waals surface area (Å²) in [6, 6.07) is 3.96. The van der Waals surface area contributed by atoms with Crippen LogP contribution < -0.4 is 10.2 Å². The van der Waals surface area contributed by atoms with Crippen LogP contribution in [0.5, 0.6) is 0 Å².